The van der Waals surface area contributed by atoms with Gasteiger partial charge in [-0.1, -0.05) is 15.9 Å². The number of fused-ring (bicyclic) bond motifs is 1. The Labute approximate surface area is 110 Å². The molecule has 86 valence electrons. The minimum atomic E-state index is 0.372. The quantitative estimate of drug-likeness (QED) is 0.922. The molecule has 2 N–H and O–H groups in total. The van der Waals surface area contributed by atoms with Crippen LogP contribution in [0.25, 0.3) is 11.0 Å². The van der Waals surface area contributed by atoms with E-state index in [1.807, 2.05) is 12.1 Å². The second-order valence-corrected chi connectivity index (χ2v) is 5.18. The second kappa shape index (κ2) is 4.87. The third-order valence-corrected chi connectivity index (χ3v) is 3.42. The van der Waals surface area contributed by atoms with Crippen LogP contribution >= 0.6 is 31.9 Å². The molecular formula is C11H11Br2NO2. The van der Waals surface area contributed by atoms with Crippen LogP contribution in [0.3, 0.4) is 0 Å². The van der Waals surface area contributed by atoms with E-state index in [0.717, 1.165) is 31.2 Å². The Bertz CT molecular complexity index is 522. The molecule has 3 nitrogen and oxygen atoms in total. The minimum absolute atomic E-state index is 0.372. The van der Waals surface area contributed by atoms with E-state index in [0.29, 0.717) is 13.2 Å². The predicted molar refractivity (Wildman–Crippen MR) is 70.2 cm³/mol. The summed E-state index contributed by atoms with van der Waals surface area (Å²) in [4.78, 5) is 0. The zero-order chi connectivity index (χ0) is 11.7. The largest absolute Gasteiger partial charge is 0.458 e. The zero-order valence-corrected chi connectivity index (χ0v) is 11.9. The number of methoxy groups -OCH3 is 1. The van der Waals surface area contributed by atoms with Gasteiger partial charge in [0.1, 0.15) is 11.3 Å². The smallest absolute Gasteiger partial charge is 0.148 e. The van der Waals surface area contributed by atoms with E-state index in [9.17, 15) is 0 Å². The summed E-state index contributed by atoms with van der Waals surface area (Å²) in [6.07, 6.45) is 0. The lowest BCUT2D eigenvalue weighted by molar-refractivity contribution is 0.184. The Kier molecular flexibility index (Phi) is 3.69. The summed E-state index contributed by atoms with van der Waals surface area (Å²) in [6, 6.07) is 3.96. The molecule has 0 amide bonds. The number of rotatable bonds is 3. The summed E-state index contributed by atoms with van der Waals surface area (Å²) in [6.45, 7) is 0.875. The molecule has 0 saturated carbocycles. The molecule has 0 bridgehead atoms. The highest BCUT2D eigenvalue weighted by atomic mass is 79.9. The van der Waals surface area contributed by atoms with Crippen molar-refractivity contribution < 1.29 is 9.15 Å². The monoisotopic (exact) mass is 347 g/mol. The van der Waals surface area contributed by atoms with Gasteiger partial charge in [0, 0.05) is 22.5 Å². The number of ether oxygens (including phenoxy) is 1. The van der Waals surface area contributed by atoms with Gasteiger partial charge in [0.15, 0.2) is 0 Å². The second-order valence-electron chi connectivity index (χ2n) is 3.41. The molecule has 0 unspecified atom stereocenters. The van der Waals surface area contributed by atoms with Gasteiger partial charge in [0.2, 0.25) is 0 Å². The highest BCUT2D eigenvalue weighted by Gasteiger charge is 2.15. The SMILES string of the molecule is COCc1c(CN)oc2c(Br)cc(Br)cc12. The highest BCUT2D eigenvalue weighted by Crippen LogP contribution is 2.34. The van der Waals surface area contributed by atoms with Crippen LogP contribution in [-0.4, -0.2) is 7.11 Å². The third kappa shape index (κ3) is 2.05. The highest BCUT2D eigenvalue weighted by molar-refractivity contribution is 9.11. The molecule has 0 aliphatic heterocycles. The van der Waals surface area contributed by atoms with E-state index >= 15 is 0 Å². The van der Waals surface area contributed by atoms with Gasteiger partial charge in [-0.05, 0) is 28.1 Å². The molecule has 0 spiro atoms. The van der Waals surface area contributed by atoms with E-state index < -0.39 is 0 Å². The number of halogens is 2. The molecule has 2 aromatic rings. The van der Waals surface area contributed by atoms with Crippen LogP contribution in [0.2, 0.25) is 0 Å². The Morgan fingerprint density at radius 3 is 2.75 bits per heavy atom. The first kappa shape index (κ1) is 12.1. The van der Waals surface area contributed by atoms with Crippen molar-refractivity contribution in [3.63, 3.8) is 0 Å². The van der Waals surface area contributed by atoms with Crippen LogP contribution in [0.15, 0.2) is 25.5 Å². The van der Waals surface area contributed by atoms with Gasteiger partial charge in [-0.3, -0.25) is 0 Å². The predicted octanol–water partition coefficient (Wildman–Crippen LogP) is 3.56. The van der Waals surface area contributed by atoms with Crippen molar-refractivity contribution in [2.24, 2.45) is 5.73 Å². The molecule has 0 aliphatic carbocycles. The molecule has 1 aromatic heterocycles. The fourth-order valence-electron chi connectivity index (χ4n) is 1.69. The number of hydrogen-bond acceptors (Lipinski definition) is 3. The fourth-order valence-corrected chi connectivity index (χ4v) is 3.00. The summed E-state index contributed by atoms with van der Waals surface area (Å²) in [5, 5.41) is 1.03. The van der Waals surface area contributed by atoms with E-state index in [-0.39, 0.29) is 0 Å². The maximum absolute atomic E-state index is 5.71. The lowest BCUT2D eigenvalue weighted by Gasteiger charge is -1.99. The van der Waals surface area contributed by atoms with E-state index in [4.69, 9.17) is 14.9 Å². The standard InChI is InChI=1S/C11H11Br2NO2/c1-15-5-8-7-2-6(12)3-9(13)11(7)16-10(8)4-14/h2-3H,4-5,14H2,1H3. The van der Waals surface area contributed by atoms with Crippen molar-refractivity contribution in [1.29, 1.82) is 0 Å². The number of furan rings is 1. The zero-order valence-electron chi connectivity index (χ0n) is 8.72. The average Bonchev–Trinajstić information content (AvgIpc) is 2.58. The Morgan fingerprint density at radius 2 is 2.12 bits per heavy atom. The Balaban J connectivity index is 2.73. The van der Waals surface area contributed by atoms with Crippen molar-refractivity contribution in [3.05, 3.63) is 32.4 Å². The van der Waals surface area contributed by atoms with Crippen molar-refractivity contribution in [2.45, 2.75) is 13.2 Å². The van der Waals surface area contributed by atoms with Gasteiger partial charge in [0.05, 0.1) is 17.6 Å². The first-order valence-electron chi connectivity index (χ1n) is 4.75. The van der Waals surface area contributed by atoms with E-state index in [1.165, 1.54) is 0 Å². The van der Waals surface area contributed by atoms with Gasteiger partial charge in [-0.2, -0.15) is 0 Å². The van der Waals surface area contributed by atoms with Crippen molar-refractivity contribution in [1.82, 2.24) is 0 Å². The molecule has 0 fully saturated rings. The van der Waals surface area contributed by atoms with Crippen LogP contribution in [-0.2, 0) is 17.9 Å². The summed E-state index contributed by atoms with van der Waals surface area (Å²) in [5.41, 5.74) is 7.49. The molecular weight excluding hydrogens is 338 g/mol. The van der Waals surface area contributed by atoms with Gasteiger partial charge < -0.3 is 14.9 Å². The van der Waals surface area contributed by atoms with E-state index in [2.05, 4.69) is 31.9 Å². The summed E-state index contributed by atoms with van der Waals surface area (Å²) in [7, 11) is 1.66. The van der Waals surface area contributed by atoms with Crippen LogP contribution < -0.4 is 5.73 Å². The van der Waals surface area contributed by atoms with Gasteiger partial charge >= 0.3 is 0 Å². The topological polar surface area (TPSA) is 48.4 Å². The maximum atomic E-state index is 5.71. The van der Waals surface area contributed by atoms with Crippen LogP contribution in [0, 0.1) is 0 Å². The molecule has 0 atom stereocenters. The molecule has 5 heteroatoms. The number of nitrogens with two attached hydrogens (primary N) is 1. The third-order valence-electron chi connectivity index (χ3n) is 2.37. The van der Waals surface area contributed by atoms with Crippen molar-refractivity contribution in [3.8, 4) is 0 Å². The molecule has 2 rings (SSSR count). The van der Waals surface area contributed by atoms with Gasteiger partial charge in [0.25, 0.3) is 0 Å². The van der Waals surface area contributed by atoms with Crippen LogP contribution in [0.4, 0.5) is 0 Å². The molecule has 0 saturated heterocycles. The molecule has 1 aromatic carbocycles. The molecule has 16 heavy (non-hydrogen) atoms. The van der Waals surface area contributed by atoms with Gasteiger partial charge in [-0.25, -0.2) is 0 Å². The van der Waals surface area contributed by atoms with Crippen LogP contribution in [0.5, 0.6) is 0 Å². The molecule has 0 radical (unpaired) electrons. The maximum Gasteiger partial charge on any atom is 0.148 e. The summed E-state index contributed by atoms with van der Waals surface area (Å²) in [5.74, 6) is 0.774. The van der Waals surface area contributed by atoms with Crippen molar-refractivity contribution >= 4 is 42.8 Å². The van der Waals surface area contributed by atoms with Crippen molar-refractivity contribution in [2.75, 3.05) is 7.11 Å². The minimum Gasteiger partial charge on any atom is -0.458 e. The normalized spacial score (nSPS) is 11.2. The lowest BCUT2D eigenvalue weighted by atomic mass is 10.1. The Morgan fingerprint density at radius 1 is 1.38 bits per heavy atom. The first-order valence-corrected chi connectivity index (χ1v) is 6.34. The average molecular weight is 349 g/mol. The first-order chi connectivity index (χ1) is 7.67. The lowest BCUT2D eigenvalue weighted by Crippen LogP contribution is -1.99. The number of hydrogen-bond donors (Lipinski definition) is 1. The van der Waals surface area contributed by atoms with Gasteiger partial charge in [-0.15, -0.1) is 0 Å². The summed E-state index contributed by atoms with van der Waals surface area (Å²) >= 11 is 6.93. The molecule has 1 heterocycles. The Hall–Kier alpha value is -0.360. The molecule has 0 aliphatic rings. The summed E-state index contributed by atoms with van der Waals surface area (Å²) < 4.78 is 12.8. The number of benzene rings is 1. The fraction of sp³-hybridized carbons (Fsp3) is 0.273. The van der Waals surface area contributed by atoms with E-state index in [1.54, 1.807) is 7.11 Å². The van der Waals surface area contributed by atoms with Crippen LogP contribution in [0.1, 0.15) is 11.3 Å².